The lowest BCUT2D eigenvalue weighted by Crippen LogP contribution is -2.30. The predicted octanol–water partition coefficient (Wildman–Crippen LogP) is 1.76. The minimum absolute atomic E-state index is 0.427. The molecule has 0 N–H and O–H groups in total. The molecule has 6 nitrogen and oxygen atoms in total. The lowest BCUT2D eigenvalue weighted by molar-refractivity contribution is -0.132. The molecule has 2 aromatic rings. The molecule has 0 saturated carbocycles. The molecule has 19 heavy (non-hydrogen) atoms. The van der Waals surface area contributed by atoms with Crippen LogP contribution in [0, 0.1) is 0 Å². The molecule has 100 valence electrons. The summed E-state index contributed by atoms with van der Waals surface area (Å²) in [5, 5.41) is 5.44. The molecule has 6 heteroatoms. The SMILES string of the molecule is CN(C)C(=O)OC1OCCn2nc3ccccc3c21. The molecule has 3 rings (SSSR count). The summed E-state index contributed by atoms with van der Waals surface area (Å²) in [6.07, 6.45) is -1.13. The quantitative estimate of drug-likeness (QED) is 0.785. The second kappa shape index (κ2) is 4.55. The van der Waals surface area contributed by atoms with Gasteiger partial charge in [-0.2, -0.15) is 5.10 Å². The van der Waals surface area contributed by atoms with Crippen LogP contribution in [0.1, 0.15) is 12.0 Å². The van der Waals surface area contributed by atoms with Gasteiger partial charge in [0.2, 0.25) is 6.29 Å². The zero-order valence-corrected chi connectivity index (χ0v) is 10.9. The average Bonchev–Trinajstić information content (AvgIpc) is 2.77. The first kappa shape index (κ1) is 12.0. The molecule has 1 aliphatic rings. The molecule has 2 heterocycles. The van der Waals surface area contributed by atoms with E-state index in [1.165, 1.54) is 4.90 Å². The lowest BCUT2D eigenvalue weighted by atomic mass is 10.2. The van der Waals surface area contributed by atoms with E-state index < -0.39 is 12.4 Å². The minimum Gasteiger partial charge on any atom is -0.413 e. The van der Waals surface area contributed by atoms with E-state index in [2.05, 4.69) is 5.10 Å². The Balaban J connectivity index is 2.01. The zero-order chi connectivity index (χ0) is 13.4. The highest BCUT2D eigenvalue weighted by Crippen LogP contribution is 2.30. The number of aromatic nitrogens is 2. The van der Waals surface area contributed by atoms with Crippen molar-refractivity contribution in [2.45, 2.75) is 12.8 Å². The second-order valence-corrected chi connectivity index (χ2v) is 4.61. The predicted molar refractivity (Wildman–Crippen MR) is 68.6 cm³/mol. The maximum atomic E-state index is 11.7. The van der Waals surface area contributed by atoms with E-state index >= 15 is 0 Å². The van der Waals surface area contributed by atoms with Crippen molar-refractivity contribution in [1.82, 2.24) is 14.7 Å². The smallest absolute Gasteiger partial charge is 0.411 e. The van der Waals surface area contributed by atoms with Crippen LogP contribution < -0.4 is 0 Å². The number of hydrogen-bond acceptors (Lipinski definition) is 4. The first-order valence-corrected chi connectivity index (χ1v) is 6.12. The van der Waals surface area contributed by atoms with Crippen LogP contribution in [0.2, 0.25) is 0 Å². The van der Waals surface area contributed by atoms with Crippen molar-refractivity contribution >= 4 is 17.0 Å². The molecule has 1 aromatic heterocycles. The van der Waals surface area contributed by atoms with Gasteiger partial charge < -0.3 is 14.4 Å². The molecular formula is C13H15N3O3. The molecule has 0 spiro atoms. The molecule has 0 aliphatic carbocycles. The zero-order valence-electron chi connectivity index (χ0n) is 10.9. The van der Waals surface area contributed by atoms with Crippen molar-refractivity contribution in [3.05, 3.63) is 30.0 Å². The molecule has 1 aromatic carbocycles. The van der Waals surface area contributed by atoms with Crippen LogP contribution in [0.25, 0.3) is 10.9 Å². The van der Waals surface area contributed by atoms with Gasteiger partial charge >= 0.3 is 6.09 Å². The van der Waals surface area contributed by atoms with Gasteiger partial charge in [0.25, 0.3) is 0 Å². The third-order valence-corrected chi connectivity index (χ3v) is 3.06. The van der Waals surface area contributed by atoms with E-state index in [1.54, 1.807) is 14.1 Å². The molecule has 0 bridgehead atoms. The first-order chi connectivity index (χ1) is 9.16. The third-order valence-electron chi connectivity index (χ3n) is 3.06. The Kier molecular flexibility index (Phi) is 2.87. The second-order valence-electron chi connectivity index (χ2n) is 4.61. The fourth-order valence-corrected chi connectivity index (χ4v) is 2.13. The summed E-state index contributed by atoms with van der Waals surface area (Å²) in [7, 11) is 3.28. The van der Waals surface area contributed by atoms with Crippen LogP contribution in [0.3, 0.4) is 0 Å². The Bertz CT molecular complexity index is 621. The summed E-state index contributed by atoms with van der Waals surface area (Å²) < 4.78 is 12.8. The van der Waals surface area contributed by atoms with E-state index in [4.69, 9.17) is 9.47 Å². The number of ether oxygens (including phenoxy) is 2. The number of rotatable bonds is 1. The topological polar surface area (TPSA) is 56.6 Å². The van der Waals surface area contributed by atoms with Gasteiger partial charge in [-0.3, -0.25) is 4.68 Å². The molecule has 0 saturated heterocycles. The maximum absolute atomic E-state index is 11.7. The number of nitrogens with zero attached hydrogens (tertiary/aromatic N) is 3. The molecule has 0 radical (unpaired) electrons. The normalized spacial score (nSPS) is 18.1. The Morgan fingerprint density at radius 3 is 3.05 bits per heavy atom. The van der Waals surface area contributed by atoms with Crippen molar-refractivity contribution in [2.24, 2.45) is 0 Å². The first-order valence-electron chi connectivity index (χ1n) is 6.12. The largest absolute Gasteiger partial charge is 0.413 e. The average molecular weight is 261 g/mol. The van der Waals surface area contributed by atoms with Crippen LogP contribution in [-0.2, 0) is 16.0 Å². The van der Waals surface area contributed by atoms with Gasteiger partial charge in [-0.05, 0) is 6.07 Å². The van der Waals surface area contributed by atoms with Crippen molar-refractivity contribution in [3.8, 4) is 0 Å². The van der Waals surface area contributed by atoms with E-state index in [0.29, 0.717) is 13.2 Å². The number of amides is 1. The fraction of sp³-hybridized carbons (Fsp3) is 0.385. The van der Waals surface area contributed by atoms with E-state index in [0.717, 1.165) is 16.6 Å². The van der Waals surface area contributed by atoms with E-state index in [-0.39, 0.29) is 0 Å². The van der Waals surface area contributed by atoms with E-state index in [9.17, 15) is 4.79 Å². The minimum atomic E-state index is -0.698. The highest BCUT2D eigenvalue weighted by atomic mass is 16.7. The van der Waals surface area contributed by atoms with E-state index in [1.807, 2.05) is 28.9 Å². The molecule has 1 aliphatic heterocycles. The van der Waals surface area contributed by atoms with Crippen LogP contribution in [0.4, 0.5) is 4.79 Å². The molecular weight excluding hydrogens is 246 g/mol. The van der Waals surface area contributed by atoms with Gasteiger partial charge in [0.05, 0.1) is 18.7 Å². The van der Waals surface area contributed by atoms with Crippen molar-refractivity contribution in [2.75, 3.05) is 20.7 Å². The Morgan fingerprint density at radius 1 is 1.47 bits per heavy atom. The number of fused-ring (bicyclic) bond motifs is 3. The Morgan fingerprint density at radius 2 is 2.26 bits per heavy atom. The number of carbonyl (C=O) groups is 1. The van der Waals surface area contributed by atoms with Gasteiger partial charge in [-0.1, -0.05) is 18.2 Å². The lowest BCUT2D eigenvalue weighted by Gasteiger charge is -2.25. The summed E-state index contributed by atoms with van der Waals surface area (Å²) in [5.74, 6) is 0. The summed E-state index contributed by atoms with van der Waals surface area (Å²) in [6.45, 7) is 1.15. The van der Waals surface area contributed by atoms with Crippen LogP contribution in [-0.4, -0.2) is 41.5 Å². The van der Waals surface area contributed by atoms with Crippen LogP contribution in [0.5, 0.6) is 0 Å². The number of benzene rings is 1. The van der Waals surface area contributed by atoms with Gasteiger partial charge in [0.15, 0.2) is 0 Å². The number of hydrogen-bond donors (Lipinski definition) is 0. The highest BCUT2D eigenvalue weighted by molar-refractivity contribution is 5.82. The third kappa shape index (κ3) is 2.04. The molecule has 1 atom stereocenters. The summed E-state index contributed by atoms with van der Waals surface area (Å²) >= 11 is 0. The van der Waals surface area contributed by atoms with Crippen LogP contribution in [0.15, 0.2) is 24.3 Å². The standard InChI is InChI=1S/C13H15N3O3/c1-15(2)13(17)19-12-11-9-5-3-4-6-10(9)14-16(11)7-8-18-12/h3-6,12H,7-8H2,1-2H3. The highest BCUT2D eigenvalue weighted by Gasteiger charge is 2.28. The maximum Gasteiger partial charge on any atom is 0.411 e. The number of carbonyl (C=O) groups excluding carboxylic acids is 1. The fourth-order valence-electron chi connectivity index (χ4n) is 2.13. The molecule has 0 fully saturated rings. The van der Waals surface area contributed by atoms with Gasteiger partial charge in [-0.15, -0.1) is 0 Å². The van der Waals surface area contributed by atoms with Crippen molar-refractivity contribution in [3.63, 3.8) is 0 Å². The summed E-state index contributed by atoms with van der Waals surface area (Å²) in [5.41, 5.74) is 1.69. The molecule has 1 unspecified atom stereocenters. The van der Waals surface area contributed by atoms with Gasteiger partial charge in [0, 0.05) is 19.5 Å². The van der Waals surface area contributed by atoms with Gasteiger partial charge in [-0.25, -0.2) is 4.79 Å². The summed E-state index contributed by atoms with van der Waals surface area (Å²) in [4.78, 5) is 13.0. The Labute approximate surface area is 110 Å². The monoisotopic (exact) mass is 261 g/mol. The van der Waals surface area contributed by atoms with Crippen molar-refractivity contribution < 1.29 is 14.3 Å². The Hall–Kier alpha value is -2.08. The van der Waals surface area contributed by atoms with Gasteiger partial charge in [0.1, 0.15) is 5.69 Å². The molecule has 1 amide bonds. The van der Waals surface area contributed by atoms with Crippen LogP contribution >= 0.6 is 0 Å². The summed E-state index contributed by atoms with van der Waals surface area (Å²) in [6, 6.07) is 7.76. The van der Waals surface area contributed by atoms with Crippen molar-refractivity contribution in [1.29, 1.82) is 0 Å².